The van der Waals surface area contributed by atoms with Crippen molar-refractivity contribution in [3.05, 3.63) is 34.9 Å². The maximum atomic E-state index is 4.85. The molecule has 0 spiro atoms. The van der Waals surface area contributed by atoms with Crippen LogP contribution in [0.25, 0.3) is 0 Å². The predicted molar refractivity (Wildman–Crippen MR) is 62.4 cm³/mol. The lowest BCUT2D eigenvalue weighted by Gasteiger charge is -2.07. The third-order valence-corrected chi connectivity index (χ3v) is 2.94. The molecule has 80 valence electrons. The summed E-state index contributed by atoms with van der Waals surface area (Å²) in [4.78, 5) is 4.85. The first kappa shape index (κ1) is 10.2. The SMILES string of the molecule is CO/N=C1\CCc2cc(C(C)C)ccc21. The Morgan fingerprint density at radius 3 is 2.73 bits per heavy atom. The second kappa shape index (κ2) is 4.05. The maximum Gasteiger partial charge on any atom is 0.106 e. The number of rotatable bonds is 2. The molecular weight excluding hydrogens is 186 g/mol. The minimum Gasteiger partial charge on any atom is -0.399 e. The van der Waals surface area contributed by atoms with Crippen molar-refractivity contribution in [1.29, 1.82) is 0 Å². The second-order valence-corrected chi connectivity index (χ2v) is 4.29. The van der Waals surface area contributed by atoms with Gasteiger partial charge in [-0.1, -0.05) is 37.2 Å². The van der Waals surface area contributed by atoms with E-state index in [2.05, 4.69) is 37.2 Å². The summed E-state index contributed by atoms with van der Waals surface area (Å²) in [6.07, 6.45) is 2.10. The fraction of sp³-hybridized carbons (Fsp3) is 0.462. The summed E-state index contributed by atoms with van der Waals surface area (Å²) in [5, 5.41) is 4.06. The van der Waals surface area contributed by atoms with Crippen LogP contribution in [0.3, 0.4) is 0 Å². The zero-order valence-corrected chi connectivity index (χ0v) is 9.58. The number of nitrogens with zero attached hydrogens (tertiary/aromatic N) is 1. The zero-order chi connectivity index (χ0) is 10.8. The van der Waals surface area contributed by atoms with Crippen LogP contribution in [0.5, 0.6) is 0 Å². The molecule has 2 rings (SSSR count). The highest BCUT2D eigenvalue weighted by molar-refractivity contribution is 6.04. The molecule has 2 heteroatoms. The van der Waals surface area contributed by atoms with Gasteiger partial charge in [0.15, 0.2) is 0 Å². The Balaban J connectivity index is 2.38. The molecule has 0 fully saturated rings. The molecule has 0 bridgehead atoms. The van der Waals surface area contributed by atoms with Crippen molar-refractivity contribution in [2.45, 2.75) is 32.6 Å². The summed E-state index contributed by atoms with van der Waals surface area (Å²) in [6, 6.07) is 6.67. The van der Waals surface area contributed by atoms with E-state index in [1.807, 2.05) is 0 Å². The van der Waals surface area contributed by atoms with Crippen LogP contribution in [0.1, 0.15) is 42.9 Å². The Kier molecular flexibility index (Phi) is 2.76. The third kappa shape index (κ3) is 1.89. The van der Waals surface area contributed by atoms with Gasteiger partial charge in [-0.3, -0.25) is 0 Å². The molecule has 0 radical (unpaired) electrons. The van der Waals surface area contributed by atoms with Crippen LogP contribution in [-0.4, -0.2) is 12.8 Å². The van der Waals surface area contributed by atoms with Gasteiger partial charge in [-0.05, 0) is 29.9 Å². The Bertz CT molecular complexity index is 394. The molecule has 15 heavy (non-hydrogen) atoms. The number of hydrogen-bond donors (Lipinski definition) is 0. The van der Waals surface area contributed by atoms with Crippen molar-refractivity contribution in [3.8, 4) is 0 Å². The van der Waals surface area contributed by atoms with Crippen LogP contribution < -0.4 is 0 Å². The van der Waals surface area contributed by atoms with Gasteiger partial charge in [-0.15, -0.1) is 0 Å². The summed E-state index contributed by atoms with van der Waals surface area (Å²) in [5.74, 6) is 0.596. The molecule has 0 heterocycles. The minimum absolute atomic E-state index is 0.596. The first-order valence-corrected chi connectivity index (χ1v) is 5.45. The highest BCUT2D eigenvalue weighted by Gasteiger charge is 2.18. The lowest BCUT2D eigenvalue weighted by molar-refractivity contribution is 0.213. The summed E-state index contributed by atoms with van der Waals surface area (Å²) in [5.41, 5.74) is 5.17. The van der Waals surface area contributed by atoms with Gasteiger partial charge in [0.05, 0.1) is 5.71 Å². The average molecular weight is 203 g/mol. The molecule has 1 aromatic carbocycles. The van der Waals surface area contributed by atoms with Crippen molar-refractivity contribution < 1.29 is 4.84 Å². The van der Waals surface area contributed by atoms with E-state index in [9.17, 15) is 0 Å². The first-order valence-electron chi connectivity index (χ1n) is 5.45. The van der Waals surface area contributed by atoms with Gasteiger partial charge in [0.25, 0.3) is 0 Å². The Hall–Kier alpha value is -1.31. The standard InChI is InChI=1S/C13H17NO/c1-9(2)10-4-6-12-11(8-10)5-7-13(12)14-15-3/h4,6,8-9H,5,7H2,1-3H3/b14-13+. The van der Waals surface area contributed by atoms with E-state index in [0.717, 1.165) is 18.6 Å². The van der Waals surface area contributed by atoms with Crippen molar-refractivity contribution >= 4 is 5.71 Å². The van der Waals surface area contributed by atoms with E-state index in [0.29, 0.717) is 5.92 Å². The predicted octanol–water partition coefficient (Wildman–Crippen LogP) is 3.11. The molecule has 0 N–H and O–H groups in total. The quantitative estimate of drug-likeness (QED) is 0.677. The molecule has 1 aromatic rings. The Morgan fingerprint density at radius 1 is 1.27 bits per heavy atom. The van der Waals surface area contributed by atoms with Crippen LogP contribution >= 0.6 is 0 Å². The van der Waals surface area contributed by atoms with Crippen LogP contribution in [-0.2, 0) is 11.3 Å². The van der Waals surface area contributed by atoms with Gasteiger partial charge < -0.3 is 4.84 Å². The van der Waals surface area contributed by atoms with Gasteiger partial charge in [0, 0.05) is 5.56 Å². The van der Waals surface area contributed by atoms with Crippen molar-refractivity contribution in [3.63, 3.8) is 0 Å². The topological polar surface area (TPSA) is 21.6 Å². The zero-order valence-electron chi connectivity index (χ0n) is 9.58. The van der Waals surface area contributed by atoms with Gasteiger partial charge >= 0.3 is 0 Å². The third-order valence-electron chi connectivity index (χ3n) is 2.94. The molecule has 1 aliphatic rings. The van der Waals surface area contributed by atoms with Crippen molar-refractivity contribution in [2.24, 2.45) is 5.16 Å². The van der Waals surface area contributed by atoms with Crippen LogP contribution in [0.2, 0.25) is 0 Å². The normalized spacial score (nSPS) is 17.2. The molecule has 0 aromatic heterocycles. The largest absolute Gasteiger partial charge is 0.399 e. The highest BCUT2D eigenvalue weighted by Crippen LogP contribution is 2.26. The Labute approximate surface area is 90.9 Å². The van der Waals surface area contributed by atoms with E-state index in [1.54, 1.807) is 7.11 Å². The lowest BCUT2D eigenvalue weighted by Crippen LogP contribution is -1.96. The molecule has 0 amide bonds. The van der Waals surface area contributed by atoms with E-state index in [-0.39, 0.29) is 0 Å². The van der Waals surface area contributed by atoms with Crippen molar-refractivity contribution in [1.82, 2.24) is 0 Å². The van der Waals surface area contributed by atoms with Gasteiger partial charge in [-0.2, -0.15) is 0 Å². The number of aryl methyl sites for hydroxylation is 1. The minimum atomic E-state index is 0.596. The maximum absolute atomic E-state index is 4.85. The summed E-state index contributed by atoms with van der Waals surface area (Å²) in [6.45, 7) is 4.45. The summed E-state index contributed by atoms with van der Waals surface area (Å²) in [7, 11) is 1.60. The van der Waals surface area contributed by atoms with E-state index < -0.39 is 0 Å². The number of oxime groups is 1. The smallest absolute Gasteiger partial charge is 0.106 e. The molecule has 0 aliphatic heterocycles. The van der Waals surface area contributed by atoms with E-state index >= 15 is 0 Å². The molecule has 2 nitrogen and oxygen atoms in total. The summed E-state index contributed by atoms with van der Waals surface area (Å²) < 4.78 is 0. The molecule has 0 unspecified atom stereocenters. The van der Waals surface area contributed by atoms with Crippen LogP contribution in [0, 0.1) is 0 Å². The lowest BCUT2D eigenvalue weighted by atomic mass is 9.98. The number of benzene rings is 1. The fourth-order valence-corrected chi connectivity index (χ4v) is 2.05. The summed E-state index contributed by atoms with van der Waals surface area (Å²) >= 11 is 0. The first-order chi connectivity index (χ1) is 7.22. The number of hydrogen-bond acceptors (Lipinski definition) is 2. The average Bonchev–Trinajstić information content (AvgIpc) is 2.61. The van der Waals surface area contributed by atoms with E-state index in [1.165, 1.54) is 16.7 Å². The van der Waals surface area contributed by atoms with Gasteiger partial charge in [0.2, 0.25) is 0 Å². The molecule has 0 saturated heterocycles. The Morgan fingerprint density at radius 2 is 2.07 bits per heavy atom. The van der Waals surface area contributed by atoms with Crippen LogP contribution in [0.4, 0.5) is 0 Å². The van der Waals surface area contributed by atoms with Gasteiger partial charge in [0.1, 0.15) is 7.11 Å². The van der Waals surface area contributed by atoms with Crippen LogP contribution in [0.15, 0.2) is 23.4 Å². The number of fused-ring (bicyclic) bond motifs is 1. The second-order valence-electron chi connectivity index (χ2n) is 4.29. The monoisotopic (exact) mass is 203 g/mol. The molecule has 0 saturated carbocycles. The van der Waals surface area contributed by atoms with Gasteiger partial charge in [-0.25, -0.2) is 0 Å². The van der Waals surface area contributed by atoms with Crippen molar-refractivity contribution in [2.75, 3.05) is 7.11 Å². The fourth-order valence-electron chi connectivity index (χ4n) is 2.05. The van der Waals surface area contributed by atoms with E-state index in [4.69, 9.17) is 4.84 Å². The molecule has 0 atom stereocenters. The molecule has 1 aliphatic carbocycles. The molecular formula is C13H17NO. The highest BCUT2D eigenvalue weighted by atomic mass is 16.6.